The van der Waals surface area contributed by atoms with Gasteiger partial charge in [0.2, 0.25) is 0 Å². The average molecular weight is 320 g/mol. The van der Waals surface area contributed by atoms with Crippen molar-refractivity contribution < 1.29 is 23.4 Å². The fourth-order valence-corrected chi connectivity index (χ4v) is 3.00. The Morgan fingerprint density at radius 1 is 1.23 bits per heavy atom. The molecule has 0 aliphatic carbocycles. The number of hydrogen-bond donors (Lipinski definition) is 0. The van der Waals surface area contributed by atoms with E-state index in [4.69, 9.17) is 18.6 Å². The fourth-order valence-electron chi connectivity index (χ4n) is 2.20. The van der Waals surface area contributed by atoms with Crippen molar-refractivity contribution in [2.75, 3.05) is 20.3 Å². The Labute approximate surface area is 132 Å². The third kappa shape index (κ3) is 3.06. The number of esters is 1. The summed E-state index contributed by atoms with van der Waals surface area (Å²) in [6.45, 7) is 2.91. The van der Waals surface area contributed by atoms with Crippen molar-refractivity contribution in [1.29, 1.82) is 0 Å². The molecule has 0 N–H and O–H groups in total. The highest BCUT2D eigenvalue weighted by atomic mass is 32.2. The SMILES string of the molecule is COC(=O)c1cc(CSc2ccc3c(c2)OCCO3)oc1C. The smallest absolute Gasteiger partial charge is 0.341 e. The van der Waals surface area contributed by atoms with Gasteiger partial charge in [0.15, 0.2) is 11.5 Å². The average Bonchev–Trinajstić information content (AvgIpc) is 2.93. The lowest BCUT2D eigenvalue weighted by Gasteiger charge is -2.18. The zero-order valence-corrected chi connectivity index (χ0v) is 13.2. The maximum Gasteiger partial charge on any atom is 0.341 e. The van der Waals surface area contributed by atoms with Gasteiger partial charge in [-0.05, 0) is 31.2 Å². The number of methoxy groups -OCH3 is 1. The van der Waals surface area contributed by atoms with Crippen LogP contribution in [0.15, 0.2) is 33.6 Å². The molecule has 5 nitrogen and oxygen atoms in total. The van der Waals surface area contributed by atoms with Crippen molar-refractivity contribution in [3.05, 3.63) is 41.3 Å². The van der Waals surface area contributed by atoms with Gasteiger partial charge < -0.3 is 18.6 Å². The van der Waals surface area contributed by atoms with Crippen LogP contribution in [-0.2, 0) is 10.5 Å². The minimum Gasteiger partial charge on any atom is -0.486 e. The molecule has 0 unspecified atom stereocenters. The van der Waals surface area contributed by atoms with Crippen molar-refractivity contribution in [3.8, 4) is 11.5 Å². The predicted octanol–water partition coefficient (Wildman–Crippen LogP) is 3.44. The molecule has 6 heteroatoms. The van der Waals surface area contributed by atoms with E-state index in [9.17, 15) is 4.79 Å². The van der Waals surface area contributed by atoms with Crippen molar-refractivity contribution in [2.45, 2.75) is 17.6 Å². The monoisotopic (exact) mass is 320 g/mol. The standard InChI is InChI=1S/C16H16O5S/c1-10-13(16(17)18-2)7-11(21-10)9-22-12-3-4-14-15(8-12)20-6-5-19-14/h3-4,7-8H,5-6,9H2,1-2H3. The van der Waals surface area contributed by atoms with Crippen LogP contribution in [0.2, 0.25) is 0 Å². The molecule has 1 aliphatic rings. The van der Waals surface area contributed by atoms with E-state index in [0.717, 1.165) is 22.2 Å². The van der Waals surface area contributed by atoms with Crippen molar-refractivity contribution >= 4 is 17.7 Å². The number of fused-ring (bicyclic) bond motifs is 1. The van der Waals surface area contributed by atoms with Crippen LogP contribution < -0.4 is 9.47 Å². The van der Waals surface area contributed by atoms with Crippen LogP contribution >= 0.6 is 11.8 Å². The van der Waals surface area contributed by atoms with Gasteiger partial charge in [0.05, 0.1) is 12.9 Å². The van der Waals surface area contributed by atoms with E-state index in [1.54, 1.807) is 24.8 Å². The largest absolute Gasteiger partial charge is 0.486 e. The molecule has 0 radical (unpaired) electrons. The molecule has 22 heavy (non-hydrogen) atoms. The first kappa shape index (κ1) is 14.8. The summed E-state index contributed by atoms with van der Waals surface area (Å²) in [5.41, 5.74) is 0.472. The fraction of sp³-hybridized carbons (Fsp3) is 0.312. The highest BCUT2D eigenvalue weighted by Crippen LogP contribution is 2.35. The van der Waals surface area contributed by atoms with Crippen LogP contribution in [0.4, 0.5) is 0 Å². The van der Waals surface area contributed by atoms with Gasteiger partial charge in [-0.3, -0.25) is 0 Å². The Morgan fingerprint density at radius 2 is 2.00 bits per heavy atom. The van der Waals surface area contributed by atoms with E-state index in [0.29, 0.717) is 30.3 Å². The van der Waals surface area contributed by atoms with Gasteiger partial charge in [-0.15, -0.1) is 11.8 Å². The summed E-state index contributed by atoms with van der Waals surface area (Å²) in [5, 5.41) is 0. The van der Waals surface area contributed by atoms with Crippen molar-refractivity contribution in [2.24, 2.45) is 0 Å². The lowest BCUT2D eigenvalue weighted by molar-refractivity contribution is 0.0599. The zero-order valence-electron chi connectivity index (χ0n) is 12.4. The van der Waals surface area contributed by atoms with Crippen molar-refractivity contribution in [3.63, 3.8) is 0 Å². The highest BCUT2D eigenvalue weighted by molar-refractivity contribution is 7.98. The molecule has 1 aliphatic heterocycles. The van der Waals surface area contributed by atoms with Crippen LogP contribution in [0.1, 0.15) is 21.9 Å². The van der Waals surface area contributed by atoms with E-state index in [1.807, 2.05) is 18.2 Å². The molecular weight excluding hydrogens is 304 g/mol. The van der Waals surface area contributed by atoms with Crippen LogP contribution in [0, 0.1) is 6.92 Å². The third-order valence-electron chi connectivity index (χ3n) is 3.27. The van der Waals surface area contributed by atoms with Gasteiger partial charge in [0.25, 0.3) is 0 Å². The lowest BCUT2D eigenvalue weighted by Crippen LogP contribution is -2.15. The van der Waals surface area contributed by atoms with E-state index < -0.39 is 0 Å². The number of aryl methyl sites for hydroxylation is 1. The number of ether oxygens (including phenoxy) is 3. The topological polar surface area (TPSA) is 57.9 Å². The number of benzene rings is 1. The first-order valence-electron chi connectivity index (χ1n) is 6.87. The summed E-state index contributed by atoms with van der Waals surface area (Å²) in [7, 11) is 1.36. The summed E-state index contributed by atoms with van der Waals surface area (Å²) < 4.78 is 21.4. The number of rotatable bonds is 4. The number of carbonyl (C=O) groups excluding carboxylic acids is 1. The minimum atomic E-state index is -0.378. The molecule has 0 atom stereocenters. The first-order chi connectivity index (χ1) is 10.7. The number of hydrogen-bond acceptors (Lipinski definition) is 6. The third-order valence-corrected chi connectivity index (χ3v) is 4.28. The molecule has 3 rings (SSSR count). The quantitative estimate of drug-likeness (QED) is 0.635. The molecule has 116 valence electrons. The Bertz CT molecular complexity index is 692. The Hall–Kier alpha value is -2.08. The van der Waals surface area contributed by atoms with Crippen LogP contribution in [0.25, 0.3) is 0 Å². The molecule has 0 saturated carbocycles. The number of furan rings is 1. The molecule has 0 fully saturated rings. The highest BCUT2D eigenvalue weighted by Gasteiger charge is 2.16. The molecule has 1 aromatic carbocycles. The Morgan fingerprint density at radius 3 is 2.77 bits per heavy atom. The van der Waals surface area contributed by atoms with Gasteiger partial charge in [0, 0.05) is 4.90 Å². The van der Waals surface area contributed by atoms with Crippen LogP contribution in [0.5, 0.6) is 11.5 Å². The first-order valence-corrected chi connectivity index (χ1v) is 7.86. The van der Waals surface area contributed by atoms with Crippen molar-refractivity contribution in [1.82, 2.24) is 0 Å². The molecule has 0 bridgehead atoms. The second kappa shape index (κ2) is 6.36. The molecule has 1 aromatic heterocycles. The molecule has 0 amide bonds. The predicted molar refractivity (Wildman–Crippen MR) is 81.8 cm³/mol. The maximum absolute atomic E-state index is 11.6. The van der Waals surface area contributed by atoms with E-state index in [-0.39, 0.29) is 5.97 Å². The van der Waals surface area contributed by atoms with E-state index >= 15 is 0 Å². The number of thioether (sulfide) groups is 1. The normalized spacial score (nSPS) is 13.0. The van der Waals surface area contributed by atoms with E-state index in [2.05, 4.69) is 0 Å². The Balaban J connectivity index is 1.69. The van der Waals surface area contributed by atoms with Gasteiger partial charge in [-0.1, -0.05) is 0 Å². The minimum absolute atomic E-state index is 0.378. The molecule has 2 aromatic rings. The van der Waals surface area contributed by atoms with E-state index in [1.165, 1.54) is 7.11 Å². The van der Waals surface area contributed by atoms with Gasteiger partial charge in [0.1, 0.15) is 30.3 Å². The van der Waals surface area contributed by atoms with Gasteiger partial charge in [-0.25, -0.2) is 4.79 Å². The summed E-state index contributed by atoms with van der Waals surface area (Å²) in [4.78, 5) is 12.6. The maximum atomic E-state index is 11.6. The molecule has 0 saturated heterocycles. The second-order valence-corrected chi connectivity index (χ2v) is 5.82. The summed E-state index contributed by atoms with van der Waals surface area (Å²) >= 11 is 1.61. The second-order valence-electron chi connectivity index (χ2n) is 4.77. The molecule has 0 spiro atoms. The van der Waals surface area contributed by atoms with Crippen LogP contribution in [-0.4, -0.2) is 26.3 Å². The van der Waals surface area contributed by atoms with Gasteiger partial charge >= 0.3 is 5.97 Å². The van der Waals surface area contributed by atoms with Gasteiger partial charge in [-0.2, -0.15) is 0 Å². The number of carbonyl (C=O) groups is 1. The zero-order chi connectivity index (χ0) is 15.5. The lowest BCUT2D eigenvalue weighted by atomic mass is 10.2. The molecular formula is C16H16O5S. The molecule has 2 heterocycles. The summed E-state index contributed by atoms with van der Waals surface area (Å²) in [6.07, 6.45) is 0. The Kier molecular flexibility index (Phi) is 4.29. The summed E-state index contributed by atoms with van der Waals surface area (Å²) in [6, 6.07) is 7.57. The summed E-state index contributed by atoms with van der Waals surface area (Å²) in [5.74, 6) is 3.09. The van der Waals surface area contributed by atoms with Crippen LogP contribution in [0.3, 0.4) is 0 Å².